The quantitative estimate of drug-likeness (QED) is 0.788. The van der Waals surface area contributed by atoms with E-state index in [0.717, 1.165) is 11.1 Å². The highest BCUT2D eigenvalue weighted by Crippen LogP contribution is 2.33. The summed E-state index contributed by atoms with van der Waals surface area (Å²) < 4.78 is 11.0. The lowest BCUT2D eigenvalue weighted by Gasteiger charge is -2.22. The summed E-state index contributed by atoms with van der Waals surface area (Å²) in [5, 5.41) is 0. The lowest BCUT2D eigenvalue weighted by Crippen LogP contribution is -2.34. The second kappa shape index (κ2) is 9.15. The maximum atomic E-state index is 12.2. The fraction of sp³-hybridized carbons (Fsp3) is 0.556. The lowest BCUT2D eigenvalue weighted by molar-refractivity contribution is 0.146. The largest absolute Gasteiger partial charge is 0.415 e. The summed E-state index contributed by atoms with van der Waals surface area (Å²) in [6, 6.07) is 3.60. The number of benzene rings is 1. The third-order valence-electron chi connectivity index (χ3n) is 3.81. The zero-order valence-corrected chi connectivity index (χ0v) is 15.5. The normalized spacial score (nSPS) is 10.2. The van der Waals surface area contributed by atoms with Crippen molar-refractivity contribution in [2.45, 2.75) is 41.5 Å². The molecule has 134 valence electrons. The van der Waals surface area contributed by atoms with Crippen LogP contribution in [0.3, 0.4) is 0 Å². The van der Waals surface area contributed by atoms with Crippen LogP contribution in [-0.4, -0.2) is 48.2 Å². The van der Waals surface area contributed by atoms with Crippen LogP contribution in [0.5, 0.6) is 11.5 Å². The van der Waals surface area contributed by atoms with E-state index < -0.39 is 12.2 Å². The first-order chi connectivity index (χ1) is 11.4. The van der Waals surface area contributed by atoms with Crippen LogP contribution in [0.15, 0.2) is 12.1 Å². The van der Waals surface area contributed by atoms with Crippen LogP contribution in [0, 0.1) is 13.8 Å². The van der Waals surface area contributed by atoms with Crippen LogP contribution in [-0.2, 0) is 0 Å². The summed E-state index contributed by atoms with van der Waals surface area (Å²) in [7, 11) is 0. The second-order valence-electron chi connectivity index (χ2n) is 5.49. The number of carbonyl (C=O) groups is 2. The molecule has 6 heteroatoms. The van der Waals surface area contributed by atoms with Crippen molar-refractivity contribution in [1.82, 2.24) is 9.80 Å². The molecule has 0 aliphatic carbocycles. The molecule has 0 heterocycles. The zero-order chi connectivity index (χ0) is 18.3. The van der Waals surface area contributed by atoms with Crippen LogP contribution >= 0.6 is 0 Å². The number of nitrogens with zero attached hydrogens (tertiary/aromatic N) is 2. The third-order valence-corrected chi connectivity index (χ3v) is 3.81. The molecule has 0 saturated carbocycles. The Morgan fingerprint density at radius 1 is 0.833 bits per heavy atom. The lowest BCUT2D eigenvalue weighted by atomic mass is 10.1. The molecule has 0 radical (unpaired) electrons. The minimum Gasteiger partial charge on any atom is -0.406 e. The predicted molar refractivity (Wildman–Crippen MR) is 93.8 cm³/mol. The number of ether oxygens (including phenoxy) is 2. The first kappa shape index (κ1) is 19.8. The Morgan fingerprint density at radius 2 is 1.29 bits per heavy atom. The Kier molecular flexibility index (Phi) is 7.55. The van der Waals surface area contributed by atoms with Crippen molar-refractivity contribution in [1.29, 1.82) is 0 Å². The van der Waals surface area contributed by atoms with Gasteiger partial charge < -0.3 is 19.3 Å². The smallest absolute Gasteiger partial charge is 0.406 e. The summed E-state index contributed by atoms with van der Waals surface area (Å²) in [6.07, 6.45) is -0.905. The molecule has 1 aromatic rings. The Labute approximate surface area is 144 Å². The number of aryl methyl sites for hydroxylation is 2. The second-order valence-corrected chi connectivity index (χ2v) is 5.49. The molecule has 0 saturated heterocycles. The topological polar surface area (TPSA) is 59.1 Å². The van der Waals surface area contributed by atoms with Crippen molar-refractivity contribution in [3.63, 3.8) is 0 Å². The van der Waals surface area contributed by atoms with E-state index >= 15 is 0 Å². The van der Waals surface area contributed by atoms with E-state index in [1.165, 1.54) is 0 Å². The maximum Gasteiger partial charge on any atom is 0.415 e. The summed E-state index contributed by atoms with van der Waals surface area (Å²) in [6.45, 7) is 13.5. The highest BCUT2D eigenvalue weighted by molar-refractivity contribution is 5.75. The average Bonchev–Trinajstić information content (AvgIpc) is 2.53. The van der Waals surface area contributed by atoms with Gasteiger partial charge in [-0.15, -0.1) is 0 Å². The molecular weight excluding hydrogens is 308 g/mol. The molecule has 1 aromatic carbocycles. The molecule has 0 spiro atoms. The summed E-state index contributed by atoms with van der Waals surface area (Å²) in [5.74, 6) is 0.558. The minimum absolute atomic E-state index is 0.268. The molecule has 0 aromatic heterocycles. The Balaban J connectivity index is 3.11. The van der Waals surface area contributed by atoms with Gasteiger partial charge in [0.15, 0.2) is 11.5 Å². The summed E-state index contributed by atoms with van der Waals surface area (Å²) in [4.78, 5) is 27.6. The molecule has 0 N–H and O–H groups in total. The van der Waals surface area contributed by atoms with Crippen LogP contribution in [0.4, 0.5) is 9.59 Å². The number of carbonyl (C=O) groups excluding carboxylic acids is 2. The molecule has 1 rings (SSSR count). The van der Waals surface area contributed by atoms with Crippen LogP contribution < -0.4 is 9.47 Å². The van der Waals surface area contributed by atoms with Gasteiger partial charge in [0, 0.05) is 26.2 Å². The predicted octanol–water partition coefficient (Wildman–Crippen LogP) is 3.98. The molecule has 0 bridgehead atoms. The maximum absolute atomic E-state index is 12.2. The van der Waals surface area contributed by atoms with E-state index in [2.05, 4.69) is 0 Å². The zero-order valence-electron chi connectivity index (χ0n) is 15.5. The van der Waals surface area contributed by atoms with Crippen LogP contribution in [0.2, 0.25) is 0 Å². The molecule has 0 atom stereocenters. The van der Waals surface area contributed by atoms with Gasteiger partial charge in [-0.05, 0) is 58.7 Å². The van der Waals surface area contributed by atoms with Crippen molar-refractivity contribution in [2.24, 2.45) is 0 Å². The molecule has 0 aliphatic heterocycles. The van der Waals surface area contributed by atoms with Crippen molar-refractivity contribution in [3.8, 4) is 11.5 Å². The van der Waals surface area contributed by atoms with E-state index in [0.29, 0.717) is 26.2 Å². The monoisotopic (exact) mass is 336 g/mol. The van der Waals surface area contributed by atoms with Gasteiger partial charge in [0.1, 0.15) is 0 Å². The van der Waals surface area contributed by atoms with Gasteiger partial charge in [0.05, 0.1) is 0 Å². The molecule has 0 unspecified atom stereocenters. The highest BCUT2D eigenvalue weighted by atomic mass is 16.6. The third kappa shape index (κ3) is 4.88. The molecule has 24 heavy (non-hydrogen) atoms. The standard InChI is InChI=1S/C18H28N2O4/c1-7-19(8-2)17(21)23-15-12-13(5)11-14(6)16(15)24-18(22)20(9-3)10-4/h11-12H,7-10H2,1-6H3. The molecule has 0 fully saturated rings. The van der Waals surface area contributed by atoms with Gasteiger partial charge in [-0.25, -0.2) is 9.59 Å². The number of amides is 2. The number of rotatable bonds is 6. The number of hydrogen-bond donors (Lipinski definition) is 0. The van der Waals surface area contributed by atoms with E-state index in [1.54, 1.807) is 15.9 Å². The average molecular weight is 336 g/mol. The van der Waals surface area contributed by atoms with Gasteiger partial charge in [0.2, 0.25) is 0 Å². The molecule has 0 aliphatic rings. The SMILES string of the molecule is CCN(CC)C(=O)Oc1cc(C)cc(C)c1OC(=O)N(CC)CC. The first-order valence-corrected chi connectivity index (χ1v) is 8.42. The Morgan fingerprint density at radius 3 is 1.75 bits per heavy atom. The van der Waals surface area contributed by atoms with Crippen molar-refractivity contribution in [3.05, 3.63) is 23.3 Å². The van der Waals surface area contributed by atoms with Gasteiger partial charge >= 0.3 is 12.2 Å². The first-order valence-electron chi connectivity index (χ1n) is 8.42. The molecular formula is C18H28N2O4. The van der Waals surface area contributed by atoms with E-state index in [4.69, 9.17) is 9.47 Å². The number of hydrogen-bond acceptors (Lipinski definition) is 4. The van der Waals surface area contributed by atoms with E-state index in [9.17, 15) is 9.59 Å². The van der Waals surface area contributed by atoms with Crippen molar-refractivity contribution in [2.75, 3.05) is 26.2 Å². The summed E-state index contributed by atoms with van der Waals surface area (Å²) >= 11 is 0. The fourth-order valence-corrected chi connectivity index (χ4v) is 2.40. The molecule has 6 nitrogen and oxygen atoms in total. The minimum atomic E-state index is -0.454. The van der Waals surface area contributed by atoms with Gasteiger partial charge in [-0.1, -0.05) is 6.07 Å². The van der Waals surface area contributed by atoms with E-state index in [-0.39, 0.29) is 11.5 Å². The van der Waals surface area contributed by atoms with Crippen LogP contribution in [0.1, 0.15) is 38.8 Å². The van der Waals surface area contributed by atoms with Crippen molar-refractivity contribution >= 4 is 12.2 Å². The Bertz CT molecular complexity index is 579. The van der Waals surface area contributed by atoms with Crippen LogP contribution in [0.25, 0.3) is 0 Å². The molecule has 2 amide bonds. The summed E-state index contributed by atoms with van der Waals surface area (Å²) in [5.41, 5.74) is 1.68. The van der Waals surface area contributed by atoms with E-state index in [1.807, 2.05) is 47.6 Å². The van der Waals surface area contributed by atoms with Crippen molar-refractivity contribution < 1.29 is 19.1 Å². The van der Waals surface area contributed by atoms with Gasteiger partial charge in [-0.3, -0.25) is 0 Å². The fourth-order valence-electron chi connectivity index (χ4n) is 2.40. The Hall–Kier alpha value is -2.24. The van der Waals surface area contributed by atoms with Gasteiger partial charge in [0.25, 0.3) is 0 Å². The highest BCUT2D eigenvalue weighted by Gasteiger charge is 2.21. The van der Waals surface area contributed by atoms with Gasteiger partial charge in [-0.2, -0.15) is 0 Å².